The molecule has 84 valence electrons. The topological polar surface area (TPSA) is 28.7 Å². The number of aryl methyl sites for hydroxylation is 2. The molecule has 0 aliphatic heterocycles. The molecule has 0 bridgehead atoms. The lowest BCUT2D eigenvalue weighted by Crippen LogP contribution is -1.92. The normalized spacial score (nSPS) is 10.6. The number of aromatic amines is 1. The van der Waals surface area contributed by atoms with Crippen LogP contribution in [0.2, 0.25) is 0 Å². The molecule has 0 fully saturated rings. The largest absolute Gasteiger partial charge is 0.278 e. The number of hydrogen-bond donors (Lipinski definition) is 1. The predicted octanol–water partition coefficient (Wildman–Crippen LogP) is 3.59. The van der Waals surface area contributed by atoms with E-state index < -0.39 is 0 Å². The third-order valence-corrected chi connectivity index (χ3v) is 2.88. The minimum atomic E-state index is 1.06. The van der Waals surface area contributed by atoms with E-state index in [2.05, 4.69) is 42.2 Å². The molecule has 16 heavy (non-hydrogen) atoms. The molecule has 2 rings (SSSR count). The highest BCUT2D eigenvalue weighted by Gasteiger charge is 2.05. The Morgan fingerprint density at radius 3 is 2.69 bits per heavy atom. The fraction of sp³-hybridized carbons (Fsp3) is 0.357. The summed E-state index contributed by atoms with van der Waals surface area (Å²) in [5.41, 5.74) is 5.20. The summed E-state index contributed by atoms with van der Waals surface area (Å²) in [5, 5.41) is 7.07. The summed E-state index contributed by atoms with van der Waals surface area (Å²) in [6.45, 7) is 4.40. The van der Waals surface area contributed by atoms with Crippen molar-refractivity contribution in [1.29, 1.82) is 0 Å². The van der Waals surface area contributed by atoms with Crippen LogP contribution in [0.25, 0.3) is 11.3 Å². The van der Waals surface area contributed by atoms with Crippen LogP contribution in [-0.2, 0) is 12.8 Å². The molecule has 2 nitrogen and oxygen atoms in total. The van der Waals surface area contributed by atoms with Gasteiger partial charge in [0.05, 0.1) is 5.69 Å². The fourth-order valence-corrected chi connectivity index (χ4v) is 2.03. The van der Waals surface area contributed by atoms with Gasteiger partial charge < -0.3 is 0 Å². The van der Waals surface area contributed by atoms with Crippen LogP contribution in [0.3, 0.4) is 0 Å². The van der Waals surface area contributed by atoms with Gasteiger partial charge in [0.2, 0.25) is 0 Å². The molecule has 2 heteroatoms. The first-order chi connectivity index (χ1) is 7.85. The molecule has 1 N–H and O–H groups in total. The molecule has 2 aromatic rings. The molecule has 0 aliphatic rings. The van der Waals surface area contributed by atoms with Crippen molar-refractivity contribution in [2.45, 2.75) is 33.1 Å². The van der Waals surface area contributed by atoms with Crippen molar-refractivity contribution in [3.05, 3.63) is 41.6 Å². The van der Waals surface area contributed by atoms with E-state index in [0.29, 0.717) is 0 Å². The van der Waals surface area contributed by atoms with Gasteiger partial charge in [0.25, 0.3) is 0 Å². The molecular weight excluding hydrogens is 196 g/mol. The first-order valence-electron chi connectivity index (χ1n) is 5.96. The highest BCUT2D eigenvalue weighted by atomic mass is 15.1. The molecule has 1 aromatic carbocycles. The molecule has 0 saturated carbocycles. The minimum Gasteiger partial charge on any atom is -0.278 e. The lowest BCUT2D eigenvalue weighted by molar-refractivity contribution is 0.920. The second-order valence-corrected chi connectivity index (χ2v) is 4.07. The van der Waals surface area contributed by atoms with Crippen molar-refractivity contribution >= 4 is 0 Å². The van der Waals surface area contributed by atoms with Gasteiger partial charge in [-0.1, -0.05) is 32.4 Å². The monoisotopic (exact) mass is 214 g/mol. The number of aromatic nitrogens is 2. The van der Waals surface area contributed by atoms with E-state index in [1.54, 1.807) is 6.20 Å². The first-order valence-corrected chi connectivity index (χ1v) is 5.96. The lowest BCUT2D eigenvalue weighted by Gasteiger charge is -2.08. The van der Waals surface area contributed by atoms with Gasteiger partial charge in [0, 0.05) is 11.8 Å². The fourth-order valence-electron chi connectivity index (χ4n) is 2.03. The van der Waals surface area contributed by atoms with Crippen LogP contribution in [-0.4, -0.2) is 10.2 Å². The minimum absolute atomic E-state index is 1.06. The molecule has 0 unspecified atom stereocenters. The van der Waals surface area contributed by atoms with E-state index in [9.17, 15) is 0 Å². The zero-order chi connectivity index (χ0) is 11.4. The Bertz CT molecular complexity index is 444. The van der Waals surface area contributed by atoms with Crippen molar-refractivity contribution in [2.75, 3.05) is 0 Å². The maximum absolute atomic E-state index is 4.02. The van der Waals surface area contributed by atoms with Crippen molar-refractivity contribution < 1.29 is 0 Å². The summed E-state index contributed by atoms with van der Waals surface area (Å²) in [6, 6.07) is 8.80. The second kappa shape index (κ2) is 4.97. The van der Waals surface area contributed by atoms with Gasteiger partial charge in [-0.2, -0.15) is 5.10 Å². The molecule has 1 aromatic heterocycles. The van der Waals surface area contributed by atoms with Crippen LogP contribution >= 0.6 is 0 Å². The van der Waals surface area contributed by atoms with E-state index in [4.69, 9.17) is 0 Å². The van der Waals surface area contributed by atoms with Gasteiger partial charge in [-0.25, -0.2) is 0 Å². The summed E-state index contributed by atoms with van der Waals surface area (Å²) >= 11 is 0. The van der Waals surface area contributed by atoms with Gasteiger partial charge in [-0.15, -0.1) is 0 Å². The number of rotatable bonds is 4. The number of nitrogens with zero attached hydrogens (tertiary/aromatic N) is 1. The quantitative estimate of drug-likeness (QED) is 0.827. The SMILES string of the molecule is CCCc1ccc(CC)c(-c2ccn[nH]2)c1. The van der Waals surface area contributed by atoms with Gasteiger partial charge in [0.15, 0.2) is 0 Å². The van der Waals surface area contributed by atoms with Crippen molar-refractivity contribution in [3.8, 4) is 11.3 Å². The Balaban J connectivity index is 2.43. The maximum atomic E-state index is 4.02. The van der Waals surface area contributed by atoms with E-state index >= 15 is 0 Å². The smallest absolute Gasteiger partial charge is 0.0652 e. The van der Waals surface area contributed by atoms with Crippen LogP contribution in [0, 0.1) is 0 Å². The highest BCUT2D eigenvalue weighted by molar-refractivity contribution is 5.64. The Morgan fingerprint density at radius 1 is 1.19 bits per heavy atom. The molecule has 1 heterocycles. The third kappa shape index (κ3) is 2.16. The zero-order valence-electron chi connectivity index (χ0n) is 9.96. The summed E-state index contributed by atoms with van der Waals surface area (Å²) in [6.07, 6.45) is 5.20. The lowest BCUT2D eigenvalue weighted by atomic mass is 9.98. The average molecular weight is 214 g/mol. The second-order valence-electron chi connectivity index (χ2n) is 4.07. The van der Waals surface area contributed by atoms with E-state index in [1.807, 2.05) is 6.07 Å². The molecule has 0 spiro atoms. The van der Waals surface area contributed by atoms with Crippen molar-refractivity contribution in [1.82, 2.24) is 10.2 Å². The first kappa shape index (κ1) is 10.9. The summed E-state index contributed by atoms with van der Waals surface area (Å²) in [7, 11) is 0. The van der Waals surface area contributed by atoms with Gasteiger partial charge in [0.1, 0.15) is 0 Å². The van der Waals surface area contributed by atoms with E-state index in [-0.39, 0.29) is 0 Å². The average Bonchev–Trinajstić information content (AvgIpc) is 2.83. The van der Waals surface area contributed by atoms with Crippen LogP contribution in [0.15, 0.2) is 30.5 Å². The van der Waals surface area contributed by atoms with Gasteiger partial charge in [-0.05, 0) is 36.1 Å². The van der Waals surface area contributed by atoms with Gasteiger partial charge in [-0.3, -0.25) is 5.10 Å². The van der Waals surface area contributed by atoms with Crippen LogP contribution in [0.1, 0.15) is 31.4 Å². The number of H-pyrrole nitrogens is 1. The number of nitrogens with one attached hydrogen (secondary N) is 1. The summed E-state index contributed by atoms with van der Waals surface area (Å²) < 4.78 is 0. The Kier molecular flexibility index (Phi) is 3.40. The number of benzene rings is 1. The highest BCUT2D eigenvalue weighted by Crippen LogP contribution is 2.24. The van der Waals surface area contributed by atoms with Crippen LogP contribution in [0.4, 0.5) is 0 Å². The molecule has 0 saturated heterocycles. The molecule has 0 radical (unpaired) electrons. The molecule has 0 amide bonds. The summed E-state index contributed by atoms with van der Waals surface area (Å²) in [4.78, 5) is 0. The third-order valence-electron chi connectivity index (χ3n) is 2.88. The Morgan fingerprint density at radius 2 is 2.06 bits per heavy atom. The Labute approximate surface area is 96.7 Å². The standard InChI is InChI=1S/C14H18N2/c1-3-5-11-6-7-12(4-2)13(10-11)14-8-9-15-16-14/h6-10H,3-5H2,1-2H3,(H,15,16). The predicted molar refractivity (Wildman–Crippen MR) is 67.4 cm³/mol. The van der Waals surface area contributed by atoms with Crippen LogP contribution in [0.5, 0.6) is 0 Å². The van der Waals surface area contributed by atoms with Crippen LogP contribution < -0.4 is 0 Å². The Hall–Kier alpha value is -1.57. The van der Waals surface area contributed by atoms with Crippen molar-refractivity contribution in [3.63, 3.8) is 0 Å². The van der Waals surface area contributed by atoms with Gasteiger partial charge >= 0.3 is 0 Å². The summed E-state index contributed by atoms with van der Waals surface area (Å²) in [5.74, 6) is 0. The van der Waals surface area contributed by atoms with E-state index in [1.165, 1.54) is 23.1 Å². The zero-order valence-corrected chi connectivity index (χ0v) is 9.96. The molecule has 0 aliphatic carbocycles. The molecule has 0 atom stereocenters. The maximum Gasteiger partial charge on any atom is 0.0652 e. The van der Waals surface area contributed by atoms with E-state index in [0.717, 1.165) is 18.5 Å². The molecular formula is C14H18N2. The van der Waals surface area contributed by atoms with Crippen molar-refractivity contribution in [2.24, 2.45) is 0 Å². The number of hydrogen-bond acceptors (Lipinski definition) is 1.